The lowest BCUT2D eigenvalue weighted by Crippen LogP contribution is -2.57. The monoisotopic (exact) mass is 849 g/mol. The van der Waals surface area contributed by atoms with Crippen LogP contribution < -0.4 is 15.4 Å². The second-order valence-electron chi connectivity index (χ2n) is 16.9. The van der Waals surface area contributed by atoms with E-state index in [1.807, 2.05) is 17.9 Å². The number of nitrogens with one attached hydrogen (secondary N) is 3. The first kappa shape index (κ1) is 42.7. The Hall–Kier alpha value is -6.00. The number of rotatable bonds is 11. The summed E-state index contributed by atoms with van der Waals surface area (Å²) in [6, 6.07) is 12.3. The van der Waals surface area contributed by atoms with Crippen molar-refractivity contribution in [2.75, 3.05) is 35.0 Å². The Morgan fingerprint density at radius 2 is 1.56 bits per heavy atom. The van der Waals surface area contributed by atoms with E-state index in [0.29, 0.717) is 31.8 Å². The van der Waals surface area contributed by atoms with Gasteiger partial charge in [-0.25, -0.2) is 14.6 Å². The highest BCUT2D eigenvalue weighted by Crippen LogP contribution is 2.45. The van der Waals surface area contributed by atoms with Crippen LogP contribution in [0.1, 0.15) is 70.0 Å². The van der Waals surface area contributed by atoms with Crippen molar-refractivity contribution in [2.24, 2.45) is 10.9 Å². The molecule has 2 saturated heterocycles. The molecule has 1 aromatic heterocycles. The zero-order chi connectivity index (χ0) is 44.0. The molecule has 62 heavy (non-hydrogen) atoms. The Kier molecular flexibility index (Phi) is 12.0. The average molecular weight is 850 g/mol. The number of aliphatic imine (C=N–C) groups is 1. The maximum atomic E-state index is 14.1. The van der Waals surface area contributed by atoms with Crippen LogP contribution in [0.25, 0.3) is 33.2 Å². The number of aromatic amines is 1. The molecule has 4 aromatic rings. The summed E-state index contributed by atoms with van der Waals surface area (Å²) >= 11 is 0. The van der Waals surface area contributed by atoms with E-state index in [-0.39, 0.29) is 35.9 Å². The van der Waals surface area contributed by atoms with Crippen LogP contribution in [0.2, 0.25) is 0 Å². The molecule has 0 aliphatic carbocycles. The van der Waals surface area contributed by atoms with Crippen LogP contribution in [-0.2, 0) is 41.6 Å². The number of amides is 4. The quantitative estimate of drug-likeness (QED) is 0.156. The number of hydrogen-bond donors (Lipinski definition) is 3. The Labute approximate surface area is 360 Å². The summed E-state index contributed by atoms with van der Waals surface area (Å²) in [4.78, 5) is 69.3. The molecule has 8 rings (SSSR count). The molecule has 0 saturated carbocycles. The number of imidazole rings is 1. The van der Waals surface area contributed by atoms with Gasteiger partial charge in [0.1, 0.15) is 30.3 Å². The number of fused-ring (bicyclic) bond motifs is 6. The Bertz CT molecular complexity index is 2430. The Morgan fingerprint density at radius 3 is 2.26 bits per heavy atom. The molecule has 3 N–H and O–H groups in total. The molecule has 5 heterocycles. The predicted octanol–water partition coefficient (Wildman–Crippen LogP) is 6.23. The standard InChI is InChI=1S/C46H55N7O9/c1-23-15-38(52(21-23)43(54)40(25(3)58-5)50-45(56)60-7)42-47-20-36(49-42)28-10-12-30-29(16-28)22-62-39-19-31-27(17-33(30)39)11-13-34-32(31)18-35(48-34)37-14-9-24(2)53(37)44(55)41(26(4)59-6)51-46(57)61-8/h10-13,16-17,19-20,23-26,37-38,40-41H,9,14-15,18,21-22H2,1-8H3,(H,47,49)(H,50,56)(H,51,57)/t23-,24-,25+,26+,37-,38-,40-,41-/m0/s1. The van der Waals surface area contributed by atoms with E-state index < -0.39 is 36.5 Å². The zero-order valence-electron chi connectivity index (χ0n) is 36.4. The molecular formula is C46H55N7O9. The van der Waals surface area contributed by atoms with Crippen LogP contribution in [-0.4, -0.2) is 121 Å². The van der Waals surface area contributed by atoms with Crippen molar-refractivity contribution < 1.29 is 42.9 Å². The molecule has 0 radical (unpaired) electrons. The topological polar surface area (TPSA) is 186 Å². The summed E-state index contributed by atoms with van der Waals surface area (Å²) in [7, 11) is 5.55. The number of likely N-dealkylation sites (tertiary alicyclic amines) is 2. The molecule has 16 heteroatoms. The number of carbonyl (C=O) groups is 4. The smallest absolute Gasteiger partial charge is 0.407 e. The molecule has 4 aliphatic heterocycles. The van der Waals surface area contributed by atoms with Crippen molar-refractivity contribution >= 4 is 46.2 Å². The number of alkyl carbamates (subject to hydrolysis) is 2. The Morgan fingerprint density at radius 1 is 0.855 bits per heavy atom. The van der Waals surface area contributed by atoms with Crippen LogP contribution in [0.15, 0.2) is 53.7 Å². The van der Waals surface area contributed by atoms with Gasteiger partial charge in [-0.2, -0.15) is 0 Å². The fourth-order valence-electron chi connectivity index (χ4n) is 9.52. The van der Waals surface area contributed by atoms with Crippen molar-refractivity contribution in [3.8, 4) is 28.1 Å². The van der Waals surface area contributed by atoms with Gasteiger partial charge in [-0.05, 0) is 103 Å². The third kappa shape index (κ3) is 7.85. The number of benzene rings is 3. The van der Waals surface area contributed by atoms with Gasteiger partial charge in [-0.1, -0.05) is 25.1 Å². The van der Waals surface area contributed by atoms with E-state index in [1.54, 1.807) is 24.9 Å². The molecule has 4 aliphatic rings. The van der Waals surface area contributed by atoms with Gasteiger partial charge in [0.2, 0.25) is 11.8 Å². The highest BCUT2D eigenvalue weighted by Gasteiger charge is 2.44. The normalized spacial score (nSPS) is 22.1. The van der Waals surface area contributed by atoms with Gasteiger partial charge in [0.25, 0.3) is 0 Å². The van der Waals surface area contributed by atoms with Gasteiger partial charge in [0.15, 0.2) is 0 Å². The van der Waals surface area contributed by atoms with Gasteiger partial charge in [-0.3, -0.25) is 14.6 Å². The number of aromatic nitrogens is 2. The second-order valence-corrected chi connectivity index (χ2v) is 16.9. The first-order valence-electron chi connectivity index (χ1n) is 21.2. The lowest BCUT2D eigenvalue weighted by Gasteiger charge is -2.34. The van der Waals surface area contributed by atoms with Crippen molar-refractivity contribution in [2.45, 2.75) is 102 Å². The van der Waals surface area contributed by atoms with Crippen molar-refractivity contribution in [3.05, 3.63) is 65.6 Å². The SMILES string of the molecule is COC(=O)N[C@H](C(=O)N1C[C@@H](C)C[C@H]1c1ncc(-c2ccc3c(c2)COc2cc4c5c(ccc4cc2-3)N=C([C@@H]2CC[C@H](C)N2C(=O)[C@@H](NC(=O)OC)[C@@H](C)OC)C5)[nH]1)[C@@H](C)OC. The van der Waals surface area contributed by atoms with Crippen molar-refractivity contribution in [1.29, 1.82) is 0 Å². The third-order valence-electron chi connectivity index (χ3n) is 13.1. The van der Waals surface area contributed by atoms with E-state index >= 15 is 0 Å². The van der Waals surface area contributed by atoms with Gasteiger partial charge in [-0.15, -0.1) is 0 Å². The summed E-state index contributed by atoms with van der Waals surface area (Å²) in [5.74, 6) is 1.21. The molecule has 8 atom stereocenters. The maximum absolute atomic E-state index is 14.1. The molecule has 2 fully saturated rings. The fourth-order valence-corrected chi connectivity index (χ4v) is 9.52. The number of nitrogens with zero attached hydrogens (tertiary/aromatic N) is 4. The first-order chi connectivity index (χ1) is 29.8. The third-order valence-corrected chi connectivity index (χ3v) is 13.1. The molecule has 0 unspecified atom stereocenters. The minimum absolute atomic E-state index is 0.0448. The van der Waals surface area contributed by atoms with Crippen molar-refractivity contribution in [1.82, 2.24) is 30.4 Å². The first-order valence-corrected chi connectivity index (χ1v) is 21.2. The number of hydrogen-bond acceptors (Lipinski definition) is 11. The van der Waals surface area contributed by atoms with Crippen LogP contribution in [0.5, 0.6) is 5.75 Å². The molecule has 3 aromatic carbocycles. The van der Waals surface area contributed by atoms with E-state index in [0.717, 1.165) is 74.3 Å². The maximum Gasteiger partial charge on any atom is 0.407 e. The summed E-state index contributed by atoms with van der Waals surface area (Å²) in [6.07, 6.45) is 2.16. The predicted molar refractivity (Wildman–Crippen MR) is 231 cm³/mol. The van der Waals surface area contributed by atoms with Crippen LogP contribution >= 0.6 is 0 Å². The van der Waals surface area contributed by atoms with Crippen LogP contribution in [0.4, 0.5) is 15.3 Å². The summed E-state index contributed by atoms with van der Waals surface area (Å²) in [6.45, 7) is 8.52. The highest BCUT2D eigenvalue weighted by atomic mass is 16.5. The molecule has 0 bridgehead atoms. The Balaban J connectivity index is 1.01. The summed E-state index contributed by atoms with van der Waals surface area (Å²) in [5, 5.41) is 7.45. The largest absolute Gasteiger partial charge is 0.488 e. The molecule has 0 spiro atoms. The van der Waals surface area contributed by atoms with E-state index in [2.05, 4.69) is 58.9 Å². The molecule has 328 valence electrons. The van der Waals surface area contributed by atoms with E-state index in [4.69, 9.17) is 33.7 Å². The molecule has 4 amide bonds. The number of methoxy groups -OCH3 is 4. The lowest BCUT2D eigenvalue weighted by atomic mass is 9.91. The van der Waals surface area contributed by atoms with Crippen molar-refractivity contribution in [3.63, 3.8) is 0 Å². The van der Waals surface area contributed by atoms with Gasteiger partial charge < -0.3 is 49.1 Å². The van der Waals surface area contributed by atoms with Crippen LogP contribution in [0, 0.1) is 5.92 Å². The average Bonchev–Trinajstić information content (AvgIpc) is 4.11. The van der Waals surface area contributed by atoms with Gasteiger partial charge in [0, 0.05) is 44.5 Å². The fraction of sp³-hybridized carbons (Fsp3) is 0.478. The van der Waals surface area contributed by atoms with E-state index in [1.165, 1.54) is 28.4 Å². The zero-order valence-corrected chi connectivity index (χ0v) is 36.4. The highest BCUT2D eigenvalue weighted by molar-refractivity contribution is 6.06. The van der Waals surface area contributed by atoms with Gasteiger partial charge >= 0.3 is 12.2 Å². The minimum atomic E-state index is -0.922. The number of carbonyl (C=O) groups excluding carboxylic acids is 4. The second kappa shape index (κ2) is 17.4. The minimum Gasteiger partial charge on any atom is -0.488 e. The van der Waals surface area contributed by atoms with E-state index in [9.17, 15) is 19.2 Å². The molecular weight excluding hydrogens is 795 g/mol. The number of H-pyrrole nitrogens is 1. The summed E-state index contributed by atoms with van der Waals surface area (Å²) in [5.41, 5.74) is 7.79. The number of ether oxygens (including phenoxy) is 5. The van der Waals surface area contributed by atoms with Crippen LogP contribution in [0.3, 0.4) is 0 Å². The van der Waals surface area contributed by atoms with Gasteiger partial charge in [0.05, 0.1) is 56.1 Å². The lowest BCUT2D eigenvalue weighted by molar-refractivity contribution is -0.138. The molecule has 16 nitrogen and oxygen atoms in total. The summed E-state index contributed by atoms with van der Waals surface area (Å²) < 4.78 is 27.0.